The third kappa shape index (κ3) is 4.51. The van der Waals surface area contributed by atoms with Gasteiger partial charge in [-0.25, -0.2) is 0 Å². The second-order valence-corrected chi connectivity index (χ2v) is 9.57. The minimum atomic E-state index is -1.08. The summed E-state index contributed by atoms with van der Waals surface area (Å²) in [6.07, 6.45) is 6.16. The molecule has 13 heavy (non-hydrogen) atoms. The maximum atomic E-state index is 4.22. The van der Waals surface area contributed by atoms with Gasteiger partial charge in [-0.3, -0.25) is 0 Å². The molecule has 2 heteroatoms. The van der Waals surface area contributed by atoms with Gasteiger partial charge < -0.3 is 0 Å². The molecule has 0 spiro atoms. The molecule has 0 aromatic heterocycles. The first-order chi connectivity index (χ1) is 6.10. The molecule has 0 nitrogen and oxygen atoms in total. The van der Waals surface area contributed by atoms with Crippen LogP contribution in [-0.4, -0.2) is 24.2 Å². The van der Waals surface area contributed by atoms with E-state index >= 15 is 0 Å². The van der Waals surface area contributed by atoms with Gasteiger partial charge in [-0.2, -0.15) is 0 Å². The van der Waals surface area contributed by atoms with Gasteiger partial charge >= 0.3 is 89.6 Å². The molecule has 1 unspecified atom stereocenters. The summed E-state index contributed by atoms with van der Waals surface area (Å²) >= 11 is 4.22. The first-order valence-corrected chi connectivity index (χ1v) is 8.88. The van der Waals surface area contributed by atoms with Crippen LogP contribution in [0.3, 0.4) is 0 Å². The van der Waals surface area contributed by atoms with E-state index in [4.69, 9.17) is 0 Å². The van der Waals surface area contributed by atoms with Crippen LogP contribution in [0.4, 0.5) is 0 Å². The third-order valence-corrected chi connectivity index (χ3v) is 8.73. The SMILES string of the molecule is CCC(C)[PH](C)(/C=C/CCS)CC. The van der Waals surface area contributed by atoms with E-state index in [1.165, 1.54) is 12.6 Å². The molecule has 0 aliphatic carbocycles. The Bertz CT molecular complexity index is 156. The van der Waals surface area contributed by atoms with Crippen molar-refractivity contribution in [2.45, 2.75) is 39.3 Å². The fourth-order valence-corrected chi connectivity index (χ4v) is 4.57. The van der Waals surface area contributed by atoms with Gasteiger partial charge in [0, 0.05) is 0 Å². The molecule has 0 amide bonds. The number of hydrogen-bond donors (Lipinski definition) is 1. The molecule has 0 aromatic rings. The fourth-order valence-electron chi connectivity index (χ4n) is 1.52. The molecule has 0 aromatic carbocycles. The number of allylic oxidation sites excluding steroid dienone is 1. The van der Waals surface area contributed by atoms with Crippen molar-refractivity contribution in [1.82, 2.24) is 0 Å². The molecule has 0 rings (SSSR count). The zero-order chi connectivity index (χ0) is 10.3. The number of thiol groups is 1. The average molecular weight is 220 g/mol. The molecule has 1 atom stereocenters. The molecule has 0 fully saturated rings. The van der Waals surface area contributed by atoms with Crippen LogP contribution in [0.15, 0.2) is 11.9 Å². The first-order valence-electron chi connectivity index (χ1n) is 5.39. The molecule has 0 aliphatic rings. The summed E-state index contributed by atoms with van der Waals surface area (Å²) in [6.45, 7) is 9.54. The third-order valence-electron chi connectivity index (χ3n) is 3.29. The van der Waals surface area contributed by atoms with Crippen LogP contribution in [0, 0.1) is 0 Å². The molecule has 0 saturated carbocycles. The van der Waals surface area contributed by atoms with Gasteiger partial charge in [0.25, 0.3) is 0 Å². The summed E-state index contributed by atoms with van der Waals surface area (Å²) in [4.78, 5) is 0. The van der Waals surface area contributed by atoms with Crippen molar-refractivity contribution < 1.29 is 0 Å². The zero-order valence-electron chi connectivity index (χ0n) is 9.51. The van der Waals surface area contributed by atoms with E-state index in [2.05, 4.69) is 52.0 Å². The van der Waals surface area contributed by atoms with E-state index in [9.17, 15) is 0 Å². The minimum absolute atomic E-state index is 0.911. The Morgan fingerprint density at radius 2 is 2.00 bits per heavy atom. The molecule has 0 N–H and O–H groups in total. The molecular formula is C11H25PS. The molecular weight excluding hydrogens is 195 g/mol. The maximum absolute atomic E-state index is 4.22. The van der Waals surface area contributed by atoms with Crippen molar-refractivity contribution in [1.29, 1.82) is 0 Å². The number of hydrogen-bond acceptors (Lipinski definition) is 1. The Morgan fingerprint density at radius 1 is 1.38 bits per heavy atom. The van der Waals surface area contributed by atoms with E-state index < -0.39 is 7.26 Å². The van der Waals surface area contributed by atoms with E-state index in [1.54, 1.807) is 0 Å². The Labute approximate surface area is 89.9 Å². The first kappa shape index (κ1) is 13.5. The van der Waals surface area contributed by atoms with Crippen molar-refractivity contribution in [2.24, 2.45) is 0 Å². The van der Waals surface area contributed by atoms with Crippen molar-refractivity contribution in [3.8, 4) is 0 Å². The van der Waals surface area contributed by atoms with Crippen LogP contribution in [0.2, 0.25) is 0 Å². The van der Waals surface area contributed by atoms with Gasteiger partial charge in [-0.05, 0) is 0 Å². The van der Waals surface area contributed by atoms with E-state index in [0.29, 0.717) is 0 Å². The molecule has 0 radical (unpaired) electrons. The second-order valence-electron chi connectivity index (χ2n) is 4.08. The summed E-state index contributed by atoms with van der Waals surface area (Å²) < 4.78 is 0. The summed E-state index contributed by atoms with van der Waals surface area (Å²) in [5, 5.41) is 0. The van der Waals surface area contributed by atoms with Gasteiger partial charge in [0.05, 0.1) is 0 Å². The van der Waals surface area contributed by atoms with Crippen molar-refractivity contribution in [3.05, 3.63) is 11.9 Å². The van der Waals surface area contributed by atoms with Crippen LogP contribution < -0.4 is 0 Å². The van der Waals surface area contributed by atoms with Crippen LogP contribution >= 0.6 is 19.9 Å². The molecule has 0 aliphatic heterocycles. The van der Waals surface area contributed by atoms with Gasteiger partial charge in [0.1, 0.15) is 0 Å². The van der Waals surface area contributed by atoms with Crippen molar-refractivity contribution in [3.63, 3.8) is 0 Å². The van der Waals surface area contributed by atoms with E-state index in [0.717, 1.165) is 17.8 Å². The monoisotopic (exact) mass is 220 g/mol. The summed E-state index contributed by atoms with van der Waals surface area (Å²) in [5.74, 6) is 3.50. The Hall–Kier alpha value is 0.520. The summed E-state index contributed by atoms with van der Waals surface area (Å²) in [5.41, 5.74) is 0.911. The molecule has 0 bridgehead atoms. The molecule has 0 heterocycles. The van der Waals surface area contributed by atoms with Gasteiger partial charge in [-0.15, -0.1) is 0 Å². The van der Waals surface area contributed by atoms with Gasteiger partial charge in [0.15, 0.2) is 0 Å². The van der Waals surface area contributed by atoms with E-state index in [1.807, 2.05) is 0 Å². The summed E-state index contributed by atoms with van der Waals surface area (Å²) in [7, 11) is -1.08. The van der Waals surface area contributed by atoms with Crippen LogP contribution in [0.25, 0.3) is 0 Å². The zero-order valence-corrected chi connectivity index (χ0v) is 11.4. The Kier molecular flexibility index (Phi) is 7.17. The Morgan fingerprint density at radius 3 is 2.38 bits per heavy atom. The summed E-state index contributed by atoms with van der Waals surface area (Å²) in [6, 6.07) is 0. The van der Waals surface area contributed by atoms with Crippen molar-refractivity contribution in [2.75, 3.05) is 18.6 Å². The number of rotatable bonds is 6. The molecule has 80 valence electrons. The predicted octanol–water partition coefficient (Wildman–Crippen LogP) is 4.02. The Balaban J connectivity index is 4.26. The van der Waals surface area contributed by atoms with Crippen molar-refractivity contribution >= 4 is 19.9 Å². The van der Waals surface area contributed by atoms with Gasteiger partial charge in [0.2, 0.25) is 0 Å². The van der Waals surface area contributed by atoms with E-state index in [-0.39, 0.29) is 0 Å². The standard InChI is InChI=1S/C11H25PS/c1-5-11(3)12(4,6-2)9-7-8-10-13/h7,9,11-13H,5-6,8,10H2,1-4H3/b9-7+. The van der Waals surface area contributed by atoms with Crippen LogP contribution in [-0.2, 0) is 0 Å². The quantitative estimate of drug-likeness (QED) is 0.507. The van der Waals surface area contributed by atoms with Crippen LogP contribution in [0.5, 0.6) is 0 Å². The topological polar surface area (TPSA) is 0 Å². The molecule has 0 saturated heterocycles. The predicted molar refractivity (Wildman–Crippen MR) is 72.1 cm³/mol. The average Bonchev–Trinajstić information content (AvgIpc) is 2.16. The fraction of sp³-hybridized carbons (Fsp3) is 0.818. The second kappa shape index (κ2) is 6.90. The van der Waals surface area contributed by atoms with Crippen LogP contribution in [0.1, 0.15) is 33.6 Å². The normalized spacial score (nSPS) is 16.4. The van der Waals surface area contributed by atoms with Gasteiger partial charge in [-0.1, -0.05) is 0 Å².